The summed E-state index contributed by atoms with van der Waals surface area (Å²) >= 11 is 0. The molecule has 1 aromatic heterocycles. The summed E-state index contributed by atoms with van der Waals surface area (Å²) in [4.78, 5) is 32.5. The third-order valence-electron chi connectivity index (χ3n) is 3.97. The minimum atomic E-state index is -0.0569. The van der Waals surface area contributed by atoms with E-state index >= 15 is 0 Å². The highest BCUT2D eigenvalue weighted by molar-refractivity contribution is 5.96. The van der Waals surface area contributed by atoms with Crippen molar-refractivity contribution in [2.75, 3.05) is 26.2 Å². The number of amides is 2. The molecule has 0 aromatic carbocycles. The molecule has 1 aromatic rings. The van der Waals surface area contributed by atoms with Crippen LogP contribution in [0.3, 0.4) is 0 Å². The Morgan fingerprint density at radius 3 is 1.60 bits per heavy atom. The topological polar surface area (TPSA) is 53.5 Å². The van der Waals surface area contributed by atoms with Gasteiger partial charge in [0.05, 0.1) is 0 Å². The van der Waals surface area contributed by atoms with Gasteiger partial charge in [-0.3, -0.25) is 9.59 Å². The summed E-state index contributed by atoms with van der Waals surface area (Å²) in [5, 5.41) is 0. The summed E-state index contributed by atoms with van der Waals surface area (Å²) in [5.41, 5.74) is 0.772. The number of hydrogen-bond acceptors (Lipinski definition) is 3. The first-order valence-corrected chi connectivity index (χ1v) is 7.31. The van der Waals surface area contributed by atoms with Gasteiger partial charge in [-0.15, -0.1) is 0 Å². The Balaban J connectivity index is 1.78. The van der Waals surface area contributed by atoms with E-state index in [1.807, 2.05) is 9.80 Å². The standard InChI is InChI=1S/C15H19N3O2/c19-14(17-8-1-2-9-17)12-6-5-7-13(16-12)15(20)18-10-3-4-11-18/h5-7H,1-4,8-11H2. The van der Waals surface area contributed by atoms with Crippen LogP contribution in [0.5, 0.6) is 0 Å². The van der Waals surface area contributed by atoms with Gasteiger partial charge in [0, 0.05) is 26.2 Å². The van der Waals surface area contributed by atoms with E-state index < -0.39 is 0 Å². The molecule has 0 N–H and O–H groups in total. The average Bonchev–Trinajstić information content (AvgIpc) is 3.18. The predicted octanol–water partition coefficient (Wildman–Crippen LogP) is 1.55. The maximum Gasteiger partial charge on any atom is 0.272 e. The Kier molecular flexibility index (Phi) is 3.67. The lowest BCUT2D eigenvalue weighted by atomic mass is 10.2. The van der Waals surface area contributed by atoms with E-state index in [9.17, 15) is 9.59 Å². The molecule has 5 nitrogen and oxygen atoms in total. The highest BCUT2D eigenvalue weighted by atomic mass is 16.2. The molecule has 2 aliphatic rings. The molecule has 3 heterocycles. The lowest BCUT2D eigenvalue weighted by molar-refractivity contribution is 0.0780. The molecule has 5 heteroatoms. The van der Waals surface area contributed by atoms with Crippen LogP contribution < -0.4 is 0 Å². The van der Waals surface area contributed by atoms with Gasteiger partial charge in [0.2, 0.25) is 0 Å². The normalized spacial score (nSPS) is 18.6. The Morgan fingerprint density at radius 1 is 0.800 bits per heavy atom. The molecule has 0 bridgehead atoms. The monoisotopic (exact) mass is 273 g/mol. The van der Waals surface area contributed by atoms with Crippen molar-refractivity contribution < 1.29 is 9.59 Å². The molecule has 0 unspecified atom stereocenters. The average molecular weight is 273 g/mol. The summed E-state index contributed by atoms with van der Waals surface area (Å²) < 4.78 is 0. The number of rotatable bonds is 2. The van der Waals surface area contributed by atoms with Crippen LogP contribution in [-0.2, 0) is 0 Å². The van der Waals surface area contributed by atoms with Crippen LogP contribution in [0.15, 0.2) is 18.2 Å². The molecule has 2 fully saturated rings. The molecule has 0 spiro atoms. The van der Waals surface area contributed by atoms with E-state index in [4.69, 9.17) is 0 Å². The smallest absolute Gasteiger partial charge is 0.272 e. The van der Waals surface area contributed by atoms with Gasteiger partial charge in [-0.25, -0.2) is 4.98 Å². The number of carbonyl (C=O) groups is 2. The number of aromatic nitrogens is 1. The minimum absolute atomic E-state index is 0.0569. The summed E-state index contributed by atoms with van der Waals surface area (Å²) in [5.74, 6) is -0.114. The van der Waals surface area contributed by atoms with Crippen molar-refractivity contribution in [2.24, 2.45) is 0 Å². The fourth-order valence-electron chi connectivity index (χ4n) is 2.84. The zero-order valence-corrected chi connectivity index (χ0v) is 11.5. The maximum atomic E-state index is 12.3. The maximum absolute atomic E-state index is 12.3. The Bertz CT molecular complexity index is 474. The molecule has 3 rings (SSSR count). The molecule has 0 aliphatic carbocycles. The van der Waals surface area contributed by atoms with Gasteiger partial charge >= 0.3 is 0 Å². The summed E-state index contributed by atoms with van der Waals surface area (Å²) in [6.45, 7) is 3.19. The molecule has 106 valence electrons. The van der Waals surface area contributed by atoms with Gasteiger partial charge in [-0.2, -0.15) is 0 Å². The Morgan fingerprint density at radius 2 is 1.20 bits per heavy atom. The van der Waals surface area contributed by atoms with Gasteiger partial charge in [-0.05, 0) is 37.8 Å². The lowest BCUT2D eigenvalue weighted by Crippen LogP contribution is -2.31. The van der Waals surface area contributed by atoms with Gasteiger partial charge < -0.3 is 9.80 Å². The van der Waals surface area contributed by atoms with Crippen LogP contribution in [0.2, 0.25) is 0 Å². The van der Waals surface area contributed by atoms with Crippen LogP contribution in [0.4, 0.5) is 0 Å². The number of likely N-dealkylation sites (tertiary alicyclic amines) is 2. The zero-order valence-electron chi connectivity index (χ0n) is 11.5. The van der Waals surface area contributed by atoms with Crippen molar-refractivity contribution in [3.63, 3.8) is 0 Å². The van der Waals surface area contributed by atoms with Crippen molar-refractivity contribution in [1.29, 1.82) is 0 Å². The van der Waals surface area contributed by atoms with Gasteiger partial charge in [0.25, 0.3) is 11.8 Å². The van der Waals surface area contributed by atoms with Crippen LogP contribution in [0.25, 0.3) is 0 Å². The molecular formula is C15H19N3O2. The third-order valence-corrected chi connectivity index (χ3v) is 3.97. The molecule has 2 saturated heterocycles. The second kappa shape index (κ2) is 5.61. The fraction of sp³-hybridized carbons (Fsp3) is 0.533. The molecule has 0 atom stereocenters. The van der Waals surface area contributed by atoms with Crippen LogP contribution >= 0.6 is 0 Å². The first-order chi connectivity index (χ1) is 9.75. The second-order valence-electron chi connectivity index (χ2n) is 5.41. The van der Waals surface area contributed by atoms with Crippen LogP contribution in [-0.4, -0.2) is 52.8 Å². The van der Waals surface area contributed by atoms with Crippen LogP contribution in [0, 0.1) is 0 Å². The minimum Gasteiger partial charge on any atom is -0.337 e. The van der Waals surface area contributed by atoms with Gasteiger partial charge in [0.15, 0.2) is 0 Å². The third kappa shape index (κ3) is 2.53. The van der Waals surface area contributed by atoms with E-state index in [0.717, 1.165) is 51.9 Å². The number of carbonyl (C=O) groups excluding carboxylic acids is 2. The van der Waals surface area contributed by atoms with Crippen molar-refractivity contribution >= 4 is 11.8 Å². The van der Waals surface area contributed by atoms with E-state index in [1.165, 1.54) is 0 Å². The number of pyridine rings is 1. The first kappa shape index (κ1) is 13.1. The highest BCUT2D eigenvalue weighted by Crippen LogP contribution is 2.14. The first-order valence-electron chi connectivity index (χ1n) is 7.31. The summed E-state index contributed by atoms with van der Waals surface area (Å²) in [7, 11) is 0. The molecule has 2 amide bonds. The predicted molar refractivity (Wildman–Crippen MR) is 74.5 cm³/mol. The van der Waals surface area contributed by atoms with Gasteiger partial charge in [0.1, 0.15) is 11.4 Å². The Hall–Kier alpha value is -1.91. The highest BCUT2D eigenvalue weighted by Gasteiger charge is 2.24. The van der Waals surface area contributed by atoms with E-state index in [1.54, 1.807) is 18.2 Å². The lowest BCUT2D eigenvalue weighted by Gasteiger charge is -2.17. The van der Waals surface area contributed by atoms with E-state index in [-0.39, 0.29) is 11.8 Å². The van der Waals surface area contributed by atoms with Gasteiger partial charge in [-0.1, -0.05) is 6.07 Å². The van der Waals surface area contributed by atoms with Crippen molar-refractivity contribution in [3.05, 3.63) is 29.6 Å². The SMILES string of the molecule is O=C(c1cccc(C(=O)N2CCCC2)n1)N1CCCC1. The van der Waals surface area contributed by atoms with E-state index in [0.29, 0.717) is 11.4 Å². The molecule has 0 saturated carbocycles. The fourth-order valence-corrected chi connectivity index (χ4v) is 2.84. The number of hydrogen-bond donors (Lipinski definition) is 0. The summed E-state index contributed by atoms with van der Waals surface area (Å²) in [6, 6.07) is 5.14. The number of nitrogens with zero attached hydrogens (tertiary/aromatic N) is 3. The van der Waals surface area contributed by atoms with Crippen molar-refractivity contribution in [3.8, 4) is 0 Å². The molecule has 2 aliphatic heterocycles. The quantitative estimate of drug-likeness (QED) is 0.821. The summed E-state index contributed by atoms with van der Waals surface area (Å²) in [6.07, 6.45) is 4.21. The van der Waals surface area contributed by atoms with Crippen LogP contribution in [0.1, 0.15) is 46.7 Å². The molecular weight excluding hydrogens is 254 g/mol. The second-order valence-corrected chi connectivity index (χ2v) is 5.41. The molecule has 20 heavy (non-hydrogen) atoms. The van der Waals surface area contributed by atoms with E-state index in [2.05, 4.69) is 4.98 Å². The Labute approximate surface area is 118 Å². The molecule has 0 radical (unpaired) electrons. The largest absolute Gasteiger partial charge is 0.337 e. The zero-order chi connectivity index (χ0) is 13.9. The van der Waals surface area contributed by atoms with Crippen molar-refractivity contribution in [1.82, 2.24) is 14.8 Å². The van der Waals surface area contributed by atoms with Crippen molar-refractivity contribution in [2.45, 2.75) is 25.7 Å².